The molecule has 0 bridgehead atoms. The van der Waals surface area contributed by atoms with Crippen molar-refractivity contribution in [2.75, 3.05) is 0 Å². The third-order valence-corrected chi connectivity index (χ3v) is 4.21. The number of carbonyl (C=O) groups excluding carboxylic acids is 2. The lowest BCUT2D eigenvalue weighted by molar-refractivity contribution is -0.389. The van der Waals surface area contributed by atoms with Crippen molar-refractivity contribution < 1.29 is 19.2 Å². The van der Waals surface area contributed by atoms with Crippen molar-refractivity contribution >= 4 is 17.8 Å². The summed E-state index contributed by atoms with van der Waals surface area (Å²) in [5.74, 6) is -0.873. The Kier molecular flexibility index (Phi) is 4.22. The number of hydrogen-bond acceptors (Lipinski definition) is 6. The standard InChI is InChI=1S/C16H16N4O5/c1-10-14(12-6-4-3-5-7-12)25-16(22)19(10)15(21)11(2)18-8-13(17-9-18)20(23)24/h3-11,14H,1-2H3/t10-,11-,14-/m1/s1. The number of nitro groups is 1. The topological polar surface area (TPSA) is 108 Å². The second kappa shape index (κ2) is 6.34. The molecule has 1 fully saturated rings. The molecule has 0 spiro atoms. The number of nitrogens with zero attached hydrogens (tertiary/aromatic N) is 4. The Morgan fingerprint density at radius 1 is 1.36 bits per heavy atom. The molecule has 1 aliphatic rings. The van der Waals surface area contributed by atoms with E-state index in [1.807, 2.05) is 30.3 Å². The zero-order chi connectivity index (χ0) is 18.1. The fourth-order valence-corrected chi connectivity index (χ4v) is 2.81. The molecule has 1 aromatic heterocycles. The van der Waals surface area contributed by atoms with Crippen molar-refractivity contribution in [3.63, 3.8) is 0 Å². The number of imidazole rings is 1. The van der Waals surface area contributed by atoms with Gasteiger partial charge in [-0.2, -0.15) is 0 Å². The Hall–Kier alpha value is -3.23. The van der Waals surface area contributed by atoms with Crippen LogP contribution in [0.4, 0.5) is 10.6 Å². The molecule has 2 amide bonds. The summed E-state index contributed by atoms with van der Waals surface area (Å²) in [6.45, 7) is 3.27. The highest BCUT2D eigenvalue weighted by molar-refractivity contribution is 5.95. The van der Waals surface area contributed by atoms with Crippen LogP contribution in [0.2, 0.25) is 0 Å². The van der Waals surface area contributed by atoms with Crippen LogP contribution in [-0.2, 0) is 9.53 Å². The van der Waals surface area contributed by atoms with Gasteiger partial charge in [0.2, 0.25) is 6.33 Å². The molecule has 1 aliphatic heterocycles. The van der Waals surface area contributed by atoms with Crippen LogP contribution in [0, 0.1) is 10.1 Å². The second-order valence-corrected chi connectivity index (χ2v) is 5.78. The van der Waals surface area contributed by atoms with Gasteiger partial charge in [-0.25, -0.2) is 9.69 Å². The van der Waals surface area contributed by atoms with Gasteiger partial charge in [0.15, 0.2) is 0 Å². The minimum Gasteiger partial charge on any atom is -0.439 e. The van der Waals surface area contributed by atoms with Gasteiger partial charge < -0.3 is 14.9 Å². The van der Waals surface area contributed by atoms with E-state index in [1.165, 1.54) is 10.9 Å². The highest BCUT2D eigenvalue weighted by Gasteiger charge is 2.45. The van der Waals surface area contributed by atoms with E-state index in [-0.39, 0.29) is 5.82 Å². The van der Waals surface area contributed by atoms with Crippen LogP contribution in [0.1, 0.15) is 31.6 Å². The summed E-state index contributed by atoms with van der Waals surface area (Å²) in [6, 6.07) is 7.83. The molecule has 9 nitrogen and oxygen atoms in total. The van der Waals surface area contributed by atoms with E-state index < -0.39 is 35.1 Å². The Bertz CT molecular complexity index is 819. The van der Waals surface area contributed by atoms with Gasteiger partial charge in [0, 0.05) is 0 Å². The van der Waals surface area contributed by atoms with Crippen molar-refractivity contribution in [3.05, 3.63) is 58.5 Å². The van der Waals surface area contributed by atoms with Gasteiger partial charge in [0.1, 0.15) is 18.3 Å². The number of amides is 2. The summed E-state index contributed by atoms with van der Waals surface area (Å²) in [5, 5.41) is 10.7. The summed E-state index contributed by atoms with van der Waals surface area (Å²) in [6.07, 6.45) is 1.07. The molecular formula is C16H16N4O5. The third-order valence-electron chi connectivity index (χ3n) is 4.21. The summed E-state index contributed by atoms with van der Waals surface area (Å²) in [7, 11) is 0. The zero-order valence-corrected chi connectivity index (χ0v) is 13.6. The third kappa shape index (κ3) is 2.95. The minimum absolute atomic E-state index is 0.362. The first-order valence-corrected chi connectivity index (χ1v) is 7.66. The lowest BCUT2D eigenvalue weighted by Crippen LogP contribution is -2.41. The molecule has 1 saturated heterocycles. The molecule has 0 aliphatic carbocycles. The van der Waals surface area contributed by atoms with Gasteiger partial charge in [0.05, 0.1) is 6.04 Å². The normalized spacial score (nSPS) is 21.0. The molecule has 3 atom stereocenters. The average Bonchev–Trinajstić information content (AvgIpc) is 3.20. The van der Waals surface area contributed by atoms with Crippen molar-refractivity contribution in [3.8, 4) is 0 Å². The maximum atomic E-state index is 12.7. The maximum Gasteiger partial charge on any atom is 0.417 e. The first-order valence-electron chi connectivity index (χ1n) is 7.66. The number of benzene rings is 1. The number of ether oxygens (including phenoxy) is 1. The molecule has 2 heterocycles. The van der Waals surface area contributed by atoms with E-state index in [4.69, 9.17) is 4.74 Å². The van der Waals surface area contributed by atoms with Gasteiger partial charge in [-0.15, -0.1) is 0 Å². The van der Waals surface area contributed by atoms with E-state index in [2.05, 4.69) is 4.98 Å². The van der Waals surface area contributed by atoms with Crippen molar-refractivity contribution in [1.29, 1.82) is 0 Å². The zero-order valence-electron chi connectivity index (χ0n) is 13.6. The number of carbonyl (C=O) groups is 2. The average molecular weight is 344 g/mol. The molecule has 25 heavy (non-hydrogen) atoms. The Morgan fingerprint density at radius 2 is 2.04 bits per heavy atom. The van der Waals surface area contributed by atoms with Gasteiger partial charge in [-0.05, 0) is 29.3 Å². The summed E-state index contributed by atoms with van der Waals surface area (Å²) in [4.78, 5) is 39.7. The van der Waals surface area contributed by atoms with Crippen LogP contribution < -0.4 is 0 Å². The summed E-state index contributed by atoms with van der Waals surface area (Å²) >= 11 is 0. The predicted molar refractivity (Wildman–Crippen MR) is 85.6 cm³/mol. The predicted octanol–water partition coefficient (Wildman–Crippen LogP) is 2.46. The quantitative estimate of drug-likeness (QED) is 0.623. The van der Waals surface area contributed by atoms with Crippen molar-refractivity contribution in [2.24, 2.45) is 0 Å². The van der Waals surface area contributed by atoms with Crippen LogP contribution in [-0.4, -0.2) is 37.4 Å². The molecule has 9 heteroatoms. The highest BCUT2D eigenvalue weighted by Crippen LogP contribution is 2.33. The lowest BCUT2D eigenvalue weighted by atomic mass is 10.0. The smallest absolute Gasteiger partial charge is 0.417 e. The lowest BCUT2D eigenvalue weighted by Gasteiger charge is -2.22. The number of aromatic nitrogens is 2. The van der Waals surface area contributed by atoms with E-state index >= 15 is 0 Å². The van der Waals surface area contributed by atoms with Crippen LogP contribution in [0.25, 0.3) is 0 Å². The van der Waals surface area contributed by atoms with Crippen LogP contribution >= 0.6 is 0 Å². The van der Waals surface area contributed by atoms with Crippen LogP contribution in [0.3, 0.4) is 0 Å². The van der Waals surface area contributed by atoms with Crippen molar-refractivity contribution in [2.45, 2.75) is 32.0 Å². The van der Waals surface area contributed by atoms with Gasteiger partial charge in [-0.3, -0.25) is 9.36 Å². The fraction of sp³-hybridized carbons (Fsp3) is 0.312. The van der Waals surface area contributed by atoms with E-state index in [0.717, 1.165) is 16.7 Å². The number of rotatable bonds is 4. The number of hydrogen-bond donors (Lipinski definition) is 0. The Morgan fingerprint density at radius 3 is 2.64 bits per heavy atom. The van der Waals surface area contributed by atoms with E-state index in [9.17, 15) is 19.7 Å². The first kappa shape index (κ1) is 16.6. The molecule has 1 aromatic carbocycles. The molecule has 0 radical (unpaired) electrons. The van der Waals surface area contributed by atoms with Crippen LogP contribution in [0.15, 0.2) is 42.9 Å². The maximum absolute atomic E-state index is 12.7. The van der Waals surface area contributed by atoms with Gasteiger partial charge >= 0.3 is 11.9 Å². The van der Waals surface area contributed by atoms with E-state index in [1.54, 1.807) is 13.8 Å². The van der Waals surface area contributed by atoms with Gasteiger partial charge in [-0.1, -0.05) is 30.3 Å². The fourth-order valence-electron chi connectivity index (χ4n) is 2.81. The first-order chi connectivity index (χ1) is 11.9. The highest BCUT2D eigenvalue weighted by atomic mass is 16.6. The number of cyclic esters (lactones) is 1. The van der Waals surface area contributed by atoms with Gasteiger partial charge in [0.25, 0.3) is 5.91 Å². The molecule has 0 N–H and O–H groups in total. The van der Waals surface area contributed by atoms with Crippen LogP contribution in [0.5, 0.6) is 0 Å². The van der Waals surface area contributed by atoms with E-state index in [0.29, 0.717) is 0 Å². The molecular weight excluding hydrogens is 328 g/mol. The summed E-state index contributed by atoms with van der Waals surface area (Å²) < 4.78 is 6.66. The Balaban J connectivity index is 1.81. The molecule has 2 aromatic rings. The molecule has 3 rings (SSSR count). The molecule has 0 unspecified atom stereocenters. The largest absolute Gasteiger partial charge is 0.439 e. The second-order valence-electron chi connectivity index (χ2n) is 5.78. The van der Waals surface area contributed by atoms with Crippen molar-refractivity contribution in [1.82, 2.24) is 14.5 Å². The molecule has 0 saturated carbocycles. The summed E-state index contributed by atoms with van der Waals surface area (Å²) in [5.41, 5.74) is 0.796. The minimum atomic E-state index is -0.828. The monoisotopic (exact) mass is 344 g/mol. The number of imide groups is 1. The molecule has 130 valence electrons. The SMILES string of the molecule is C[C@@H]1[C@H](c2ccccc2)OC(=O)N1C(=O)[C@@H](C)n1cnc([N+](=O)[O-])c1. The Labute approximate surface area is 143 Å².